The van der Waals surface area contributed by atoms with Crippen molar-refractivity contribution >= 4 is 45.5 Å². The maximum absolute atomic E-state index is 4.37. The molecule has 0 bridgehead atoms. The third-order valence-electron chi connectivity index (χ3n) is 4.15. The van der Waals surface area contributed by atoms with Gasteiger partial charge >= 0.3 is 0 Å². The maximum Gasteiger partial charge on any atom is 0.130 e. The van der Waals surface area contributed by atoms with E-state index in [1.54, 1.807) is 0 Å². The lowest BCUT2D eigenvalue weighted by Gasteiger charge is -2.05. The molecule has 26 heavy (non-hydrogen) atoms. The number of rotatable bonds is 5. The molecule has 0 spiro atoms. The predicted octanol–water partition coefficient (Wildman–Crippen LogP) is 4.32. The highest BCUT2D eigenvalue weighted by Crippen LogP contribution is 2.27. The summed E-state index contributed by atoms with van der Waals surface area (Å²) in [5.74, 6) is 0. The number of aromatic amines is 2. The topological polar surface area (TPSA) is 57.4 Å². The van der Waals surface area contributed by atoms with Crippen molar-refractivity contribution in [1.29, 1.82) is 0 Å². The fraction of sp³-hybridized carbons (Fsp3) is 0. The molecule has 2 heterocycles. The van der Waals surface area contributed by atoms with Gasteiger partial charge in [0.25, 0.3) is 0 Å². The average molecular weight is 414 g/mol. The van der Waals surface area contributed by atoms with Crippen molar-refractivity contribution in [3.63, 3.8) is 0 Å². The number of benzene rings is 2. The van der Waals surface area contributed by atoms with E-state index < -0.39 is 0 Å². The summed E-state index contributed by atoms with van der Waals surface area (Å²) in [6, 6.07) is 17.1. The fourth-order valence-corrected chi connectivity index (χ4v) is 4.34. The van der Waals surface area contributed by atoms with Gasteiger partial charge in [0.2, 0.25) is 0 Å². The Morgan fingerprint density at radius 3 is 1.23 bits per heavy atom. The van der Waals surface area contributed by atoms with Gasteiger partial charge in [-0.15, -0.1) is 17.9 Å². The van der Waals surface area contributed by atoms with Crippen molar-refractivity contribution < 1.29 is 0 Å². The Balaban J connectivity index is 1.55. The fourth-order valence-electron chi connectivity index (χ4n) is 2.77. The normalized spacial score (nSPS) is 11.9. The first-order chi connectivity index (χ1) is 12.8. The second-order valence-corrected chi connectivity index (χ2v) is 8.99. The van der Waals surface area contributed by atoms with Gasteiger partial charge in [-0.3, -0.25) is 0 Å². The molecular weight excluding hydrogens is 396 g/mol. The van der Waals surface area contributed by atoms with Crippen LogP contribution in [0.25, 0.3) is 33.6 Å². The Labute approximate surface area is 160 Å². The van der Waals surface area contributed by atoms with E-state index in [4.69, 9.17) is 0 Å². The van der Waals surface area contributed by atoms with Crippen LogP contribution in [0.1, 0.15) is 0 Å². The standard InChI is InChI=1S/C18H18N4P4/c23-25-17-19-9-15(21-17)13-5-1-11(2-6-13)12-3-7-14(8-4-12)16-10-20-18(22-16)26-24/h1-10,25-26H,23-24H2,(H,19,21)(H,20,22). The lowest BCUT2D eigenvalue weighted by atomic mass is 10.0. The second kappa shape index (κ2) is 8.08. The van der Waals surface area contributed by atoms with E-state index in [9.17, 15) is 0 Å². The Bertz CT molecular complexity index is 923. The van der Waals surface area contributed by atoms with Crippen LogP contribution in [0, 0.1) is 0 Å². The van der Waals surface area contributed by atoms with E-state index in [1.165, 1.54) is 11.1 Å². The molecule has 0 amide bonds. The SMILES string of the molecule is PPc1ncc(-c2ccc(-c3ccc(-c4cnc(PP)[nH]4)cc3)cc2)[nH]1. The number of nitrogens with zero attached hydrogens (tertiary/aromatic N) is 2. The third-order valence-corrected chi connectivity index (χ3v) is 6.85. The van der Waals surface area contributed by atoms with Gasteiger partial charge in [0.15, 0.2) is 0 Å². The third kappa shape index (κ3) is 3.80. The van der Waals surface area contributed by atoms with Crippen LogP contribution >= 0.6 is 34.4 Å². The van der Waals surface area contributed by atoms with Crippen molar-refractivity contribution in [2.24, 2.45) is 0 Å². The van der Waals surface area contributed by atoms with E-state index in [2.05, 4.69) is 86.3 Å². The lowest BCUT2D eigenvalue weighted by molar-refractivity contribution is 1.41. The lowest BCUT2D eigenvalue weighted by Crippen LogP contribution is -1.94. The maximum atomic E-state index is 4.37. The Morgan fingerprint density at radius 2 is 0.923 bits per heavy atom. The Morgan fingerprint density at radius 1 is 0.577 bits per heavy atom. The molecule has 0 saturated heterocycles. The first kappa shape index (κ1) is 18.0. The summed E-state index contributed by atoms with van der Waals surface area (Å²) in [4.78, 5) is 15.4. The zero-order chi connectivity index (χ0) is 17.9. The van der Waals surface area contributed by atoms with Crippen molar-refractivity contribution in [2.45, 2.75) is 0 Å². The minimum absolute atomic E-state index is 0.601. The summed E-state index contributed by atoms with van der Waals surface area (Å²) in [7, 11) is 6.62. The van der Waals surface area contributed by atoms with Crippen molar-refractivity contribution in [3.05, 3.63) is 60.9 Å². The van der Waals surface area contributed by atoms with Crippen molar-refractivity contribution in [3.8, 4) is 33.6 Å². The largest absolute Gasteiger partial charge is 0.338 e. The number of imidazole rings is 2. The molecule has 2 N–H and O–H groups in total. The van der Waals surface area contributed by atoms with Crippen LogP contribution < -0.4 is 11.1 Å². The summed E-state index contributed by atoms with van der Waals surface area (Å²) < 4.78 is 0. The molecule has 4 nitrogen and oxygen atoms in total. The van der Waals surface area contributed by atoms with Crippen LogP contribution in [0.15, 0.2) is 60.9 Å². The van der Waals surface area contributed by atoms with E-state index >= 15 is 0 Å². The number of hydrogen-bond donors (Lipinski definition) is 2. The number of nitrogens with one attached hydrogen (secondary N) is 2. The molecule has 0 aliphatic carbocycles. The molecule has 0 fully saturated rings. The smallest absolute Gasteiger partial charge is 0.130 e. The quantitative estimate of drug-likeness (QED) is 0.478. The zero-order valence-corrected chi connectivity index (χ0v) is 18.1. The predicted molar refractivity (Wildman–Crippen MR) is 122 cm³/mol. The van der Waals surface area contributed by atoms with E-state index in [-0.39, 0.29) is 0 Å². The molecule has 0 aliphatic heterocycles. The van der Waals surface area contributed by atoms with Crippen LogP contribution in [0.4, 0.5) is 0 Å². The zero-order valence-electron chi connectivity index (χ0n) is 13.8. The molecule has 0 aliphatic rings. The van der Waals surface area contributed by atoms with E-state index in [1.807, 2.05) is 12.4 Å². The summed E-state index contributed by atoms with van der Waals surface area (Å²) >= 11 is 0. The van der Waals surface area contributed by atoms with E-state index in [0.29, 0.717) is 16.5 Å². The monoisotopic (exact) mass is 414 g/mol. The van der Waals surface area contributed by atoms with Gasteiger partial charge in [0, 0.05) is 0 Å². The highest BCUT2D eigenvalue weighted by molar-refractivity contribution is 8.06. The molecule has 2 aromatic heterocycles. The van der Waals surface area contributed by atoms with Gasteiger partial charge in [-0.2, -0.15) is 0 Å². The molecule has 130 valence electrons. The van der Waals surface area contributed by atoms with Gasteiger partial charge in [-0.25, -0.2) is 9.97 Å². The number of H-pyrrole nitrogens is 2. The van der Waals surface area contributed by atoms with Gasteiger partial charge in [-0.05, 0) is 38.8 Å². The molecule has 0 saturated carbocycles. The highest BCUT2D eigenvalue weighted by Gasteiger charge is 2.05. The molecule has 4 atom stereocenters. The molecule has 0 radical (unpaired) electrons. The van der Waals surface area contributed by atoms with Gasteiger partial charge in [-0.1, -0.05) is 48.5 Å². The highest BCUT2D eigenvalue weighted by atomic mass is 32.0. The van der Waals surface area contributed by atoms with Crippen LogP contribution in [0.5, 0.6) is 0 Å². The summed E-state index contributed by atoms with van der Waals surface area (Å²) in [5, 5.41) is 0. The minimum Gasteiger partial charge on any atom is -0.338 e. The van der Waals surface area contributed by atoms with Crippen molar-refractivity contribution in [2.75, 3.05) is 0 Å². The van der Waals surface area contributed by atoms with Gasteiger partial charge in [0.1, 0.15) is 11.1 Å². The molecule has 4 rings (SSSR count). The average Bonchev–Trinajstić information content (AvgIpc) is 3.38. The first-order valence-electron chi connectivity index (χ1n) is 8.01. The molecular formula is C18H18N4P4. The minimum atomic E-state index is 0.601. The van der Waals surface area contributed by atoms with E-state index in [0.717, 1.165) is 33.6 Å². The van der Waals surface area contributed by atoms with Crippen molar-refractivity contribution in [1.82, 2.24) is 19.9 Å². The second-order valence-electron chi connectivity index (χ2n) is 5.73. The molecule has 2 aromatic carbocycles. The number of aromatic nitrogens is 4. The Kier molecular flexibility index (Phi) is 5.58. The summed E-state index contributed by atoms with van der Waals surface area (Å²) in [6.07, 6.45) is 3.79. The summed E-state index contributed by atoms with van der Waals surface area (Å²) in [5.41, 5.74) is 8.83. The molecule has 4 aromatic rings. The summed E-state index contributed by atoms with van der Waals surface area (Å²) in [6.45, 7) is 0. The van der Waals surface area contributed by atoms with Gasteiger partial charge < -0.3 is 9.97 Å². The van der Waals surface area contributed by atoms with Crippen LogP contribution in [0.3, 0.4) is 0 Å². The molecule has 4 unspecified atom stereocenters. The van der Waals surface area contributed by atoms with Crippen LogP contribution in [0.2, 0.25) is 0 Å². The first-order valence-corrected chi connectivity index (χ1v) is 13.6. The van der Waals surface area contributed by atoms with Gasteiger partial charge in [0.05, 0.1) is 23.8 Å². The van der Waals surface area contributed by atoms with Crippen LogP contribution in [-0.2, 0) is 0 Å². The number of hydrogen-bond acceptors (Lipinski definition) is 2. The molecule has 8 heteroatoms. The Hall–Kier alpha value is -1.42. The van der Waals surface area contributed by atoms with Crippen LogP contribution in [-0.4, -0.2) is 19.9 Å².